The van der Waals surface area contributed by atoms with Crippen molar-refractivity contribution in [1.29, 1.82) is 0 Å². The van der Waals surface area contributed by atoms with Crippen molar-refractivity contribution in [2.75, 3.05) is 13.7 Å². The van der Waals surface area contributed by atoms with Crippen LogP contribution in [-0.4, -0.2) is 43.8 Å². The van der Waals surface area contributed by atoms with Crippen LogP contribution < -0.4 is 9.46 Å². The smallest absolute Gasteiger partial charge is 0.280 e. The second-order valence-corrected chi connectivity index (χ2v) is 9.45. The molecule has 170 valence electrons. The molecule has 0 unspecified atom stereocenters. The normalized spacial score (nSPS) is 13.3. The number of fused-ring (bicyclic) bond motifs is 1. The van der Waals surface area contributed by atoms with Gasteiger partial charge in [-0.05, 0) is 48.7 Å². The topological polar surface area (TPSA) is 106 Å². The summed E-state index contributed by atoms with van der Waals surface area (Å²) in [6, 6.07) is 15.6. The van der Waals surface area contributed by atoms with Crippen LogP contribution >= 0.6 is 0 Å². The lowest BCUT2D eigenvalue weighted by molar-refractivity contribution is 0.0640. The van der Waals surface area contributed by atoms with E-state index in [4.69, 9.17) is 4.74 Å². The molecule has 1 N–H and O–H groups in total. The molecule has 0 radical (unpaired) electrons. The van der Waals surface area contributed by atoms with E-state index in [0.717, 1.165) is 16.0 Å². The Hall–Kier alpha value is -3.56. The molecular weight excluding hydrogens is 442 g/mol. The van der Waals surface area contributed by atoms with Gasteiger partial charge in [0.05, 0.1) is 19.2 Å². The number of amides is 2. The molecule has 1 aromatic heterocycles. The van der Waals surface area contributed by atoms with Gasteiger partial charge < -0.3 is 4.74 Å². The molecule has 0 bridgehead atoms. The maximum Gasteiger partial charge on any atom is 0.280 e. The summed E-state index contributed by atoms with van der Waals surface area (Å²) in [5.41, 5.74) is 2.96. The molecule has 33 heavy (non-hydrogen) atoms. The number of aryl methyl sites for hydroxylation is 1. The fourth-order valence-corrected chi connectivity index (χ4v) is 4.88. The zero-order valence-electron chi connectivity index (χ0n) is 18.2. The molecule has 1 aliphatic heterocycles. The fourth-order valence-electron chi connectivity index (χ4n) is 3.63. The molecule has 0 saturated heterocycles. The van der Waals surface area contributed by atoms with E-state index < -0.39 is 21.8 Å². The molecule has 2 aromatic carbocycles. The molecule has 2 heterocycles. The summed E-state index contributed by atoms with van der Waals surface area (Å²) < 4.78 is 33.9. The Bertz CT molecular complexity index is 1290. The molecule has 0 aliphatic carbocycles. The summed E-state index contributed by atoms with van der Waals surface area (Å²) in [6.07, 6.45) is 1.98. The number of pyridine rings is 1. The van der Waals surface area contributed by atoms with E-state index in [1.165, 1.54) is 25.4 Å². The quantitative estimate of drug-likeness (QED) is 0.513. The molecule has 0 spiro atoms. The summed E-state index contributed by atoms with van der Waals surface area (Å²) in [6.45, 7) is 2.12. The van der Waals surface area contributed by atoms with Crippen LogP contribution in [0.1, 0.15) is 37.5 Å². The van der Waals surface area contributed by atoms with E-state index in [-0.39, 0.29) is 35.0 Å². The van der Waals surface area contributed by atoms with Gasteiger partial charge in [0.25, 0.3) is 11.8 Å². The van der Waals surface area contributed by atoms with Crippen LogP contribution in [0.2, 0.25) is 0 Å². The zero-order valence-corrected chi connectivity index (χ0v) is 19.1. The van der Waals surface area contributed by atoms with Crippen LogP contribution in [0.3, 0.4) is 0 Å². The minimum absolute atomic E-state index is 0.0545. The predicted molar refractivity (Wildman–Crippen MR) is 122 cm³/mol. The summed E-state index contributed by atoms with van der Waals surface area (Å²) in [4.78, 5) is 30.2. The maximum absolute atomic E-state index is 13.0. The minimum Gasteiger partial charge on any atom is -0.495 e. The summed E-state index contributed by atoms with van der Waals surface area (Å²) in [5, 5.41) is 0. The van der Waals surface area contributed by atoms with Gasteiger partial charge in [0.15, 0.2) is 0 Å². The molecule has 3 aromatic rings. The van der Waals surface area contributed by atoms with E-state index in [1.54, 1.807) is 18.2 Å². The van der Waals surface area contributed by atoms with Gasteiger partial charge in [0.1, 0.15) is 16.3 Å². The summed E-state index contributed by atoms with van der Waals surface area (Å²) in [7, 11) is -2.51. The van der Waals surface area contributed by atoms with Gasteiger partial charge in [-0.25, -0.2) is 13.1 Å². The van der Waals surface area contributed by atoms with Crippen LogP contribution in [0.15, 0.2) is 65.7 Å². The molecular formula is C24H23N3O5S. The monoisotopic (exact) mass is 465 g/mol. The van der Waals surface area contributed by atoms with Gasteiger partial charge in [-0.2, -0.15) is 0 Å². The Morgan fingerprint density at radius 3 is 2.42 bits per heavy atom. The molecule has 1 aliphatic rings. The first-order valence-corrected chi connectivity index (χ1v) is 11.8. The van der Waals surface area contributed by atoms with E-state index in [2.05, 4.69) is 9.71 Å². The summed E-state index contributed by atoms with van der Waals surface area (Å²) >= 11 is 0. The SMILES string of the molecule is COc1ccc(CN2C(=O)c3cccnc3C2=O)cc1S(=O)(=O)NCCc1ccc(C)cc1. The average Bonchev–Trinajstić information content (AvgIpc) is 3.05. The third-order valence-electron chi connectivity index (χ3n) is 5.42. The van der Waals surface area contributed by atoms with Gasteiger partial charge in [-0.15, -0.1) is 0 Å². The second kappa shape index (κ2) is 9.13. The number of benzene rings is 2. The lowest BCUT2D eigenvalue weighted by atomic mass is 10.1. The molecule has 0 atom stereocenters. The first kappa shape index (κ1) is 22.6. The van der Waals surface area contributed by atoms with Gasteiger partial charge in [0.2, 0.25) is 10.0 Å². The number of rotatable bonds is 8. The van der Waals surface area contributed by atoms with Crippen molar-refractivity contribution in [3.8, 4) is 5.75 Å². The summed E-state index contributed by atoms with van der Waals surface area (Å²) in [5.74, 6) is -0.794. The standard InChI is InChI=1S/C24H23N3O5S/c1-16-5-7-17(8-6-16)11-13-26-33(30,31)21-14-18(9-10-20(21)32-2)15-27-23(28)19-4-3-12-25-22(19)24(27)29/h3-10,12,14,26H,11,13,15H2,1-2H3. The third-order valence-corrected chi connectivity index (χ3v) is 6.90. The average molecular weight is 466 g/mol. The number of ether oxygens (including phenoxy) is 1. The van der Waals surface area contributed by atoms with Gasteiger partial charge in [0, 0.05) is 12.7 Å². The van der Waals surface area contributed by atoms with E-state index in [9.17, 15) is 18.0 Å². The highest BCUT2D eigenvalue weighted by Crippen LogP contribution is 2.28. The molecule has 4 rings (SSSR count). The number of carbonyl (C=O) groups excluding carboxylic acids is 2. The van der Waals surface area contributed by atoms with Crippen LogP contribution in [0.5, 0.6) is 5.75 Å². The number of hydrogen-bond acceptors (Lipinski definition) is 6. The maximum atomic E-state index is 13.0. The number of sulfonamides is 1. The highest BCUT2D eigenvalue weighted by molar-refractivity contribution is 7.89. The molecule has 2 amide bonds. The molecule has 9 heteroatoms. The van der Waals surface area contributed by atoms with E-state index in [1.807, 2.05) is 31.2 Å². The fraction of sp³-hybridized carbons (Fsp3) is 0.208. The van der Waals surface area contributed by atoms with Crippen molar-refractivity contribution in [1.82, 2.24) is 14.6 Å². The van der Waals surface area contributed by atoms with Crippen LogP contribution in [0.25, 0.3) is 0 Å². The Labute approximate surface area is 192 Å². The van der Waals surface area contributed by atoms with E-state index >= 15 is 0 Å². The predicted octanol–water partition coefficient (Wildman–Crippen LogP) is 2.72. The van der Waals surface area contributed by atoms with Crippen LogP contribution in [0.4, 0.5) is 0 Å². The molecule has 8 nitrogen and oxygen atoms in total. The van der Waals surface area contributed by atoms with Crippen molar-refractivity contribution in [2.45, 2.75) is 24.8 Å². The second-order valence-electron chi connectivity index (χ2n) is 7.71. The van der Waals surface area contributed by atoms with Crippen molar-refractivity contribution in [2.24, 2.45) is 0 Å². The lowest BCUT2D eigenvalue weighted by Gasteiger charge is -2.16. The number of aromatic nitrogens is 1. The lowest BCUT2D eigenvalue weighted by Crippen LogP contribution is -2.30. The van der Waals surface area contributed by atoms with Gasteiger partial charge in [-0.3, -0.25) is 19.5 Å². The number of carbonyl (C=O) groups is 2. The Morgan fingerprint density at radius 1 is 1.00 bits per heavy atom. The van der Waals surface area contributed by atoms with Gasteiger partial charge in [-0.1, -0.05) is 35.9 Å². The van der Waals surface area contributed by atoms with Crippen molar-refractivity contribution < 1.29 is 22.7 Å². The van der Waals surface area contributed by atoms with Crippen molar-refractivity contribution >= 4 is 21.8 Å². The largest absolute Gasteiger partial charge is 0.495 e. The third kappa shape index (κ3) is 4.64. The highest BCUT2D eigenvalue weighted by Gasteiger charge is 2.36. The van der Waals surface area contributed by atoms with Crippen molar-refractivity contribution in [3.05, 3.63) is 88.7 Å². The number of nitrogens with one attached hydrogen (secondary N) is 1. The first-order chi connectivity index (χ1) is 15.8. The number of hydrogen-bond donors (Lipinski definition) is 1. The van der Waals surface area contributed by atoms with Crippen LogP contribution in [-0.2, 0) is 23.0 Å². The Kier molecular flexibility index (Phi) is 6.26. The Morgan fingerprint density at radius 2 is 1.73 bits per heavy atom. The van der Waals surface area contributed by atoms with Crippen LogP contribution in [0, 0.1) is 6.92 Å². The highest BCUT2D eigenvalue weighted by atomic mass is 32.2. The van der Waals surface area contributed by atoms with E-state index in [0.29, 0.717) is 12.0 Å². The molecule has 0 fully saturated rings. The van der Waals surface area contributed by atoms with Gasteiger partial charge >= 0.3 is 0 Å². The number of methoxy groups -OCH3 is 1. The molecule has 0 saturated carbocycles. The first-order valence-electron chi connectivity index (χ1n) is 10.3. The zero-order chi connectivity index (χ0) is 23.6. The minimum atomic E-state index is -3.89. The number of imide groups is 1. The van der Waals surface area contributed by atoms with Crippen molar-refractivity contribution in [3.63, 3.8) is 0 Å². The number of nitrogens with zero attached hydrogens (tertiary/aromatic N) is 2. The Balaban J connectivity index is 1.52.